The van der Waals surface area contributed by atoms with Crippen molar-refractivity contribution in [2.45, 2.75) is 19.4 Å². The lowest BCUT2D eigenvalue weighted by Gasteiger charge is -2.06. The van der Waals surface area contributed by atoms with Gasteiger partial charge in [-0.1, -0.05) is 12.1 Å². The van der Waals surface area contributed by atoms with Crippen LogP contribution in [0.5, 0.6) is 0 Å². The van der Waals surface area contributed by atoms with Crippen LogP contribution in [0.15, 0.2) is 10.7 Å². The maximum atomic E-state index is 5.13. The zero-order valence-electron chi connectivity index (χ0n) is 8.56. The molecule has 0 saturated heterocycles. The van der Waals surface area contributed by atoms with E-state index in [0.717, 1.165) is 6.42 Å². The second-order valence-corrected chi connectivity index (χ2v) is 3.06. The summed E-state index contributed by atoms with van der Waals surface area (Å²) in [6, 6.07) is 0.0816. The van der Waals surface area contributed by atoms with E-state index >= 15 is 0 Å². The molecule has 2 N–H and O–H groups in total. The summed E-state index contributed by atoms with van der Waals surface area (Å²) < 4.78 is 5.13. The van der Waals surface area contributed by atoms with Gasteiger partial charge in [-0.2, -0.15) is 20.4 Å². The summed E-state index contributed by atoms with van der Waals surface area (Å²) in [5.74, 6) is 1.02. The lowest BCUT2D eigenvalue weighted by Crippen LogP contribution is -2.15. The topological polar surface area (TPSA) is 92.5 Å². The first kappa shape index (κ1) is 9.78. The maximum absolute atomic E-state index is 5.13. The molecule has 7 nitrogen and oxygen atoms in total. The summed E-state index contributed by atoms with van der Waals surface area (Å²) >= 11 is 0. The zero-order valence-corrected chi connectivity index (χ0v) is 8.56. The number of hydrogen-bond donors (Lipinski definition) is 2. The molecule has 2 aromatic rings. The van der Waals surface area contributed by atoms with Crippen molar-refractivity contribution in [3.05, 3.63) is 12.1 Å². The normalized spacial score (nSPS) is 12.9. The molecule has 0 spiro atoms. The standard InChI is InChI=1S/C8H12N6O/c1-3-5(9-2)8-11-7(13-15-8)6-4-10-14-12-6/h4-5,9H,3H2,1-2H3,(H,10,12,14). The van der Waals surface area contributed by atoms with Gasteiger partial charge in [0.25, 0.3) is 0 Å². The number of H-pyrrole nitrogens is 1. The molecule has 7 heteroatoms. The molecular formula is C8H12N6O. The van der Waals surface area contributed by atoms with Gasteiger partial charge in [-0.25, -0.2) is 0 Å². The first-order valence-electron chi connectivity index (χ1n) is 4.72. The van der Waals surface area contributed by atoms with Crippen molar-refractivity contribution in [3.8, 4) is 11.5 Å². The van der Waals surface area contributed by atoms with Crippen molar-refractivity contribution in [2.24, 2.45) is 0 Å². The van der Waals surface area contributed by atoms with Crippen LogP contribution in [-0.4, -0.2) is 32.6 Å². The van der Waals surface area contributed by atoms with Crippen molar-refractivity contribution in [1.29, 1.82) is 0 Å². The molecule has 1 unspecified atom stereocenters. The first-order chi connectivity index (χ1) is 7.35. The van der Waals surface area contributed by atoms with E-state index in [1.54, 1.807) is 6.20 Å². The van der Waals surface area contributed by atoms with E-state index in [2.05, 4.69) is 30.9 Å². The highest BCUT2D eigenvalue weighted by molar-refractivity contribution is 5.44. The Bertz CT molecular complexity index is 404. The zero-order chi connectivity index (χ0) is 10.7. The third-order valence-corrected chi connectivity index (χ3v) is 2.14. The van der Waals surface area contributed by atoms with E-state index < -0.39 is 0 Å². The average Bonchev–Trinajstić information content (AvgIpc) is 2.89. The molecule has 0 bridgehead atoms. The van der Waals surface area contributed by atoms with Crippen LogP contribution in [0.2, 0.25) is 0 Å². The van der Waals surface area contributed by atoms with E-state index in [1.165, 1.54) is 0 Å². The fraction of sp³-hybridized carbons (Fsp3) is 0.500. The van der Waals surface area contributed by atoms with Crippen LogP contribution in [0.1, 0.15) is 25.3 Å². The minimum Gasteiger partial charge on any atom is -0.337 e. The molecule has 0 saturated carbocycles. The minimum atomic E-state index is 0.0816. The summed E-state index contributed by atoms with van der Waals surface area (Å²) in [5, 5.41) is 17.0. The average molecular weight is 208 g/mol. The van der Waals surface area contributed by atoms with Gasteiger partial charge in [0.2, 0.25) is 11.7 Å². The predicted molar refractivity (Wildman–Crippen MR) is 51.8 cm³/mol. The highest BCUT2D eigenvalue weighted by atomic mass is 16.5. The molecule has 0 amide bonds. The SMILES string of the molecule is CCC(NC)c1nc(-c2cn[nH]n2)no1. The van der Waals surface area contributed by atoms with Crippen LogP contribution in [0.25, 0.3) is 11.5 Å². The van der Waals surface area contributed by atoms with Gasteiger partial charge in [-0.3, -0.25) is 0 Å². The molecule has 0 aliphatic carbocycles. The quantitative estimate of drug-likeness (QED) is 0.761. The number of rotatable bonds is 4. The van der Waals surface area contributed by atoms with Crippen LogP contribution in [0.3, 0.4) is 0 Å². The Kier molecular flexibility index (Phi) is 2.72. The van der Waals surface area contributed by atoms with Gasteiger partial charge in [0.05, 0.1) is 12.2 Å². The summed E-state index contributed by atoms with van der Waals surface area (Å²) in [5.41, 5.74) is 0.580. The van der Waals surface area contributed by atoms with E-state index in [4.69, 9.17) is 4.52 Å². The minimum absolute atomic E-state index is 0.0816. The monoisotopic (exact) mass is 208 g/mol. The number of aromatic amines is 1. The molecule has 0 fully saturated rings. The van der Waals surface area contributed by atoms with Gasteiger partial charge in [0, 0.05) is 0 Å². The smallest absolute Gasteiger partial charge is 0.244 e. The molecular weight excluding hydrogens is 196 g/mol. The molecule has 2 heterocycles. The van der Waals surface area contributed by atoms with Crippen LogP contribution in [-0.2, 0) is 0 Å². The Hall–Kier alpha value is -1.76. The van der Waals surface area contributed by atoms with Crippen LogP contribution >= 0.6 is 0 Å². The van der Waals surface area contributed by atoms with Gasteiger partial charge in [0.1, 0.15) is 0 Å². The van der Waals surface area contributed by atoms with Crippen LogP contribution in [0, 0.1) is 0 Å². The largest absolute Gasteiger partial charge is 0.337 e. The fourth-order valence-corrected chi connectivity index (χ4v) is 1.29. The maximum Gasteiger partial charge on any atom is 0.244 e. The highest BCUT2D eigenvalue weighted by Crippen LogP contribution is 2.17. The van der Waals surface area contributed by atoms with Crippen LogP contribution < -0.4 is 5.32 Å². The van der Waals surface area contributed by atoms with Crippen molar-refractivity contribution < 1.29 is 4.52 Å². The second-order valence-electron chi connectivity index (χ2n) is 3.06. The Morgan fingerprint density at radius 3 is 3.07 bits per heavy atom. The van der Waals surface area contributed by atoms with Crippen molar-refractivity contribution >= 4 is 0 Å². The van der Waals surface area contributed by atoms with E-state index in [-0.39, 0.29) is 6.04 Å². The number of hydrogen-bond acceptors (Lipinski definition) is 6. The highest BCUT2D eigenvalue weighted by Gasteiger charge is 2.16. The lowest BCUT2D eigenvalue weighted by molar-refractivity contribution is 0.334. The van der Waals surface area contributed by atoms with Gasteiger partial charge in [-0.15, -0.1) is 0 Å². The van der Waals surface area contributed by atoms with Gasteiger partial charge in [-0.05, 0) is 13.5 Å². The molecule has 15 heavy (non-hydrogen) atoms. The third kappa shape index (κ3) is 1.86. The summed E-state index contributed by atoms with van der Waals surface area (Å²) in [6.45, 7) is 2.04. The Labute approximate surface area is 86.3 Å². The van der Waals surface area contributed by atoms with Crippen molar-refractivity contribution in [3.63, 3.8) is 0 Å². The molecule has 1 atom stereocenters. The molecule has 0 aliphatic rings. The van der Waals surface area contributed by atoms with E-state index in [0.29, 0.717) is 17.4 Å². The molecule has 0 radical (unpaired) electrons. The molecule has 0 aliphatic heterocycles. The van der Waals surface area contributed by atoms with E-state index in [1.807, 2.05) is 14.0 Å². The van der Waals surface area contributed by atoms with Crippen molar-refractivity contribution in [2.75, 3.05) is 7.05 Å². The lowest BCUT2D eigenvalue weighted by atomic mass is 10.2. The summed E-state index contributed by atoms with van der Waals surface area (Å²) in [4.78, 5) is 4.23. The summed E-state index contributed by atoms with van der Waals surface area (Å²) in [7, 11) is 1.86. The fourth-order valence-electron chi connectivity index (χ4n) is 1.29. The first-order valence-corrected chi connectivity index (χ1v) is 4.72. The van der Waals surface area contributed by atoms with Crippen molar-refractivity contribution in [1.82, 2.24) is 30.9 Å². The summed E-state index contributed by atoms with van der Waals surface area (Å²) in [6.07, 6.45) is 2.44. The Morgan fingerprint density at radius 1 is 1.60 bits per heavy atom. The number of aromatic nitrogens is 5. The van der Waals surface area contributed by atoms with E-state index in [9.17, 15) is 0 Å². The second kappa shape index (κ2) is 4.18. The number of nitrogens with zero attached hydrogens (tertiary/aromatic N) is 4. The predicted octanol–water partition coefficient (Wildman–Crippen LogP) is 0.525. The van der Waals surface area contributed by atoms with Crippen LogP contribution in [0.4, 0.5) is 0 Å². The molecule has 2 aromatic heterocycles. The molecule has 80 valence electrons. The Balaban J connectivity index is 2.24. The molecule has 2 rings (SSSR count). The van der Waals surface area contributed by atoms with Gasteiger partial charge in [0.15, 0.2) is 5.69 Å². The van der Waals surface area contributed by atoms with Gasteiger partial charge < -0.3 is 9.84 Å². The Morgan fingerprint density at radius 2 is 2.47 bits per heavy atom. The molecule has 0 aromatic carbocycles. The van der Waals surface area contributed by atoms with Gasteiger partial charge >= 0.3 is 0 Å². The third-order valence-electron chi connectivity index (χ3n) is 2.14. The number of nitrogens with one attached hydrogen (secondary N) is 2.